The predicted molar refractivity (Wildman–Crippen MR) is 121 cm³/mol. The lowest BCUT2D eigenvalue weighted by Gasteiger charge is -2.34. The summed E-state index contributed by atoms with van der Waals surface area (Å²) in [5.74, 6) is 0.606. The van der Waals surface area contributed by atoms with Gasteiger partial charge in [-0.3, -0.25) is 9.48 Å². The molecule has 1 aliphatic heterocycles. The minimum Gasteiger partial charge on any atom is -0.477 e. The number of rotatable bonds is 7. The lowest BCUT2D eigenvalue weighted by atomic mass is 10.1. The Bertz CT molecular complexity index is 1060. The van der Waals surface area contributed by atoms with Crippen LogP contribution < -0.4 is 20.3 Å². The fraction of sp³-hybridized carbons (Fsp3) is 0.455. The van der Waals surface area contributed by atoms with Crippen LogP contribution >= 0.6 is 0 Å². The van der Waals surface area contributed by atoms with Crippen molar-refractivity contribution in [2.24, 2.45) is 7.05 Å². The number of aromatic nitrogens is 4. The van der Waals surface area contributed by atoms with Gasteiger partial charge >= 0.3 is 0 Å². The van der Waals surface area contributed by atoms with Crippen LogP contribution in [0.5, 0.6) is 5.88 Å². The van der Waals surface area contributed by atoms with Gasteiger partial charge in [-0.2, -0.15) is 10.1 Å². The molecular weight excluding hydrogens is 394 g/mol. The van der Waals surface area contributed by atoms with Gasteiger partial charge in [-0.25, -0.2) is 4.98 Å². The first-order chi connectivity index (χ1) is 15.1. The van der Waals surface area contributed by atoms with E-state index >= 15 is 0 Å². The van der Waals surface area contributed by atoms with Crippen molar-refractivity contribution in [3.63, 3.8) is 0 Å². The number of ether oxygens (including phenoxy) is 1. The zero-order valence-corrected chi connectivity index (χ0v) is 18.3. The summed E-state index contributed by atoms with van der Waals surface area (Å²) in [6.07, 6.45) is 5.56. The molecule has 1 aromatic carbocycles. The highest BCUT2D eigenvalue weighted by atomic mass is 16.5. The van der Waals surface area contributed by atoms with E-state index in [0.717, 1.165) is 43.4 Å². The van der Waals surface area contributed by atoms with Crippen molar-refractivity contribution in [1.82, 2.24) is 25.1 Å². The molecule has 0 unspecified atom stereocenters. The standard InChI is InChI=1S/C22H29N7O2/c1-4-29(17-8-10-23-11-9-17)22-24-13-18(21(26-22)31-5-2)20(30)25-16-6-7-19-15(12-16)14-28(3)27-19/h6-7,12-14,17,23H,4-5,8-11H2,1-3H3,(H,25,30). The molecule has 1 saturated heterocycles. The van der Waals surface area contributed by atoms with E-state index in [9.17, 15) is 4.79 Å². The molecule has 9 heteroatoms. The number of hydrogen-bond acceptors (Lipinski definition) is 7. The molecule has 31 heavy (non-hydrogen) atoms. The molecule has 2 N–H and O–H groups in total. The summed E-state index contributed by atoms with van der Waals surface area (Å²) >= 11 is 0. The molecule has 0 spiro atoms. The van der Waals surface area contributed by atoms with Crippen molar-refractivity contribution in [2.75, 3.05) is 36.5 Å². The maximum absolute atomic E-state index is 13.0. The SMILES string of the molecule is CCOc1nc(N(CC)C2CCNCC2)ncc1C(=O)Nc1ccc2nn(C)cc2c1. The monoisotopic (exact) mass is 423 g/mol. The number of carbonyl (C=O) groups is 1. The fourth-order valence-corrected chi connectivity index (χ4v) is 4.00. The van der Waals surface area contributed by atoms with Gasteiger partial charge in [0, 0.05) is 43.1 Å². The summed E-state index contributed by atoms with van der Waals surface area (Å²) in [6.45, 7) is 7.17. The van der Waals surface area contributed by atoms with Crippen LogP contribution in [0.4, 0.5) is 11.6 Å². The van der Waals surface area contributed by atoms with Crippen molar-refractivity contribution < 1.29 is 9.53 Å². The van der Waals surface area contributed by atoms with Gasteiger partial charge in [-0.1, -0.05) is 0 Å². The third-order valence-corrected chi connectivity index (χ3v) is 5.49. The normalized spacial score (nSPS) is 14.5. The summed E-state index contributed by atoms with van der Waals surface area (Å²) in [7, 11) is 1.87. The predicted octanol–water partition coefficient (Wildman–Crippen LogP) is 2.59. The van der Waals surface area contributed by atoms with Crippen molar-refractivity contribution in [1.29, 1.82) is 0 Å². The van der Waals surface area contributed by atoms with Crippen molar-refractivity contribution in [3.8, 4) is 5.88 Å². The Morgan fingerprint density at radius 3 is 2.87 bits per heavy atom. The number of hydrogen-bond donors (Lipinski definition) is 2. The summed E-state index contributed by atoms with van der Waals surface area (Å²) < 4.78 is 7.48. The molecule has 3 aromatic rings. The maximum Gasteiger partial charge on any atom is 0.262 e. The Morgan fingerprint density at radius 1 is 1.32 bits per heavy atom. The van der Waals surface area contributed by atoms with Crippen molar-refractivity contribution in [3.05, 3.63) is 36.2 Å². The summed E-state index contributed by atoms with van der Waals surface area (Å²) in [6, 6.07) is 5.99. The molecule has 0 atom stereocenters. The second kappa shape index (κ2) is 9.30. The molecule has 3 heterocycles. The van der Waals surface area contributed by atoms with Gasteiger partial charge in [0.1, 0.15) is 5.56 Å². The average molecular weight is 424 g/mol. The van der Waals surface area contributed by atoms with Crippen LogP contribution in [0.25, 0.3) is 10.9 Å². The van der Waals surface area contributed by atoms with E-state index in [1.54, 1.807) is 10.9 Å². The molecule has 1 aliphatic rings. The summed E-state index contributed by atoms with van der Waals surface area (Å²) in [4.78, 5) is 24.3. The molecule has 9 nitrogen and oxygen atoms in total. The number of piperidine rings is 1. The van der Waals surface area contributed by atoms with Gasteiger partial charge in [0.2, 0.25) is 11.8 Å². The number of fused-ring (bicyclic) bond motifs is 1. The molecule has 1 amide bonds. The van der Waals surface area contributed by atoms with Crippen molar-refractivity contribution in [2.45, 2.75) is 32.7 Å². The minimum absolute atomic E-state index is 0.303. The summed E-state index contributed by atoms with van der Waals surface area (Å²) in [5, 5.41) is 11.6. The fourth-order valence-electron chi connectivity index (χ4n) is 4.00. The van der Waals surface area contributed by atoms with E-state index in [1.807, 2.05) is 38.4 Å². The Kier molecular flexibility index (Phi) is 6.31. The Hall–Kier alpha value is -3.20. The zero-order chi connectivity index (χ0) is 21.8. The number of amides is 1. The Morgan fingerprint density at radius 2 is 2.13 bits per heavy atom. The number of aryl methyl sites for hydroxylation is 1. The second-order valence-electron chi connectivity index (χ2n) is 7.62. The van der Waals surface area contributed by atoms with E-state index in [0.29, 0.717) is 35.7 Å². The highest BCUT2D eigenvalue weighted by Gasteiger charge is 2.24. The van der Waals surface area contributed by atoms with Crippen LogP contribution in [-0.4, -0.2) is 57.9 Å². The van der Waals surface area contributed by atoms with E-state index in [2.05, 4.69) is 37.5 Å². The number of nitrogens with zero attached hydrogens (tertiary/aromatic N) is 5. The highest BCUT2D eigenvalue weighted by Crippen LogP contribution is 2.24. The Balaban J connectivity index is 1.57. The van der Waals surface area contributed by atoms with Crippen molar-refractivity contribution >= 4 is 28.4 Å². The first kappa shape index (κ1) is 21.0. The van der Waals surface area contributed by atoms with Crippen LogP contribution in [0.1, 0.15) is 37.0 Å². The second-order valence-corrected chi connectivity index (χ2v) is 7.62. The van der Waals surface area contributed by atoms with Crippen LogP contribution in [0.3, 0.4) is 0 Å². The largest absolute Gasteiger partial charge is 0.477 e. The molecule has 0 aliphatic carbocycles. The van der Waals surface area contributed by atoms with Gasteiger partial charge in [-0.15, -0.1) is 0 Å². The molecule has 2 aromatic heterocycles. The van der Waals surface area contributed by atoms with Gasteiger partial charge in [0.05, 0.1) is 12.1 Å². The van der Waals surface area contributed by atoms with Gasteiger partial charge < -0.3 is 20.3 Å². The van der Waals surface area contributed by atoms with Gasteiger partial charge in [0.25, 0.3) is 5.91 Å². The topological polar surface area (TPSA) is 97.2 Å². The Labute approximate surface area is 181 Å². The molecular formula is C22H29N7O2. The number of carbonyl (C=O) groups excluding carboxylic acids is 1. The molecule has 1 fully saturated rings. The third kappa shape index (κ3) is 4.61. The average Bonchev–Trinajstić information content (AvgIpc) is 3.15. The first-order valence-corrected chi connectivity index (χ1v) is 10.8. The van der Waals surface area contributed by atoms with E-state index in [1.165, 1.54) is 0 Å². The lowest BCUT2D eigenvalue weighted by molar-refractivity contribution is 0.102. The quantitative estimate of drug-likeness (QED) is 0.603. The van der Waals surface area contributed by atoms with E-state index in [-0.39, 0.29) is 5.91 Å². The molecule has 0 bridgehead atoms. The third-order valence-electron chi connectivity index (χ3n) is 5.49. The van der Waals surface area contributed by atoms with Crippen LogP contribution in [-0.2, 0) is 7.05 Å². The molecule has 0 saturated carbocycles. The minimum atomic E-state index is -0.303. The van der Waals surface area contributed by atoms with Gasteiger partial charge in [-0.05, 0) is 58.0 Å². The van der Waals surface area contributed by atoms with Crippen LogP contribution in [0, 0.1) is 0 Å². The molecule has 4 rings (SSSR count). The summed E-state index contributed by atoms with van der Waals surface area (Å²) in [5.41, 5.74) is 1.88. The zero-order valence-electron chi connectivity index (χ0n) is 18.3. The van der Waals surface area contributed by atoms with Crippen LogP contribution in [0.15, 0.2) is 30.6 Å². The number of nitrogens with one attached hydrogen (secondary N) is 2. The number of benzene rings is 1. The lowest BCUT2D eigenvalue weighted by Crippen LogP contribution is -2.44. The van der Waals surface area contributed by atoms with E-state index < -0.39 is 0 Å². The maximum atomic E-state index is 13.0. The van der Waals surface area contributed by atoms with Gasteiger partial charge in [0.15, 0.2) is 0 Å². The highest BCUT2D eigenvalue weighted by molar-refractivity contribution is 6.06. The number of anilines is 2. The first-order valence-electron chi connectivity index (χ1n) is 10.8. The van der Waals surface area contributed by atoms with E-state index in [4.69, 9.17) is 4.74 Å². The molecule has 164 valence electrons. The molecule has 0 radical (unpaired) electrons. The smallest absolute Gasteiger partial charge is 0.262 e. The van der Waals surface area contributed by atoms with Crippen LogP contribution in [0.2, 0.25) is 0 Å².